The third-order valence-corrected chi connectivity index (χ3v) is 4.41. The van der Waals surface area contributed by atoms with E-state index in [0.717, 1.165) is 32.8 Å². The van der Waals surface area contributed by atoms with Gasteiger partial charge in [0.05, 0.1) is 6.61 Å². The molecule has 1 N–H and O–H groups in total. The molecule has 2 aliphatic rings. The predicted octanol–water partition coefficient (Wildman–Crippen LogP) is 2.51. The van der Waals surface area contributed by atoms with Gasteiger partial charge in [0.15, 0.2) is 0 Å². The average molecular weight is 260 g/mol. The maximum atomic E-state index is 5.68. The highest BCUT2D eigenvalue weighted by Gasteiger charge is 2.30. The van der Waals surface area contributed by atoms with Gasteiger partial charge in [0, 0.05) is 43.9 Å². The van der Waals surface area contributed by atoms with E-state index in [-0.39, 0.29) is 0 Å². The second-order valence-electron chi connectivity index (χ2n) is 5.67. The molecule has 2 atom stereocenters. The fourth-order valence-electron chi connectivity index (χ4n) is 3.40. The number of anilines is 1. The Hall–Kier alpha value is -1.06. The molecular formula is C16H24N2O. The normalized spacial score (nSPS) is 25.9. The van der Waals surface area contributed by atoms with Crippen molar-refractivity contribution in [2.24, 2.45) is 0 Å². The van der Waals surface area contributed by atoms with Gasteiger partial charge < -0.3 is 15.0 Å². The van der Waals surface area contributed by atoms with E-state index in [1.807, 2.05) is 0 Å². The summed E-state index contributed by atoms with van der Waals surface area (Å²) in [5.74, 6) is 0.566. The van der Waals surface area contributed by atoms with Crippen LogP contribution in [0.25, 0.3) is 0 Å². The highest BCUT2D eigenvalue weighted by atomic mass is 16.5. The lowest BCUT2D eigenvalue weighted by Gasteiger charge is -2.39. The average Bonchev–Trinajstić information content (AvgIpc) is 2.59. The molecule has 0 bridgehead atoms. The van der Waals surface area contributed by atoms with Crippen molar-refractivity contribution in [2.45, 2.75) is 38.8 Å². The number of nitrogens with zero attached hydrogens (tertiary/aromatic N) is 1. The van der Waals surface area contributed by atoms with Crippen LogP contribution in [0.2, 0.25) is 0 Å². The van der Waals surface area contributed by atoms with Crippen molar-refractivity contribution in [1.29, 1.82) is 0 Å². The predicted molar refractivity (Wildman–Crippen MR) is 78.8 cm³/mol. The summed E-state index contributed by atoms with van der Waals surface area (Å²) >= 11 is 0. The van der Waals surface area contributed by atoms with Gasteiger partial charge in [-0.3, -0.25) is 0 Å². The summed E-state index contributed by atoms with van der Waals surface area (Å²) in [4.78, 5) is 2.59. The van der Waals surface area contributed by atoms with Gasteiger partial charge in [0.25, 0.3) is 0 Å². The molecule has 0 saturated carbocycles. The lowest BCUT2D eigenvalue weighted by molar-refractivity contribution is 0.129. The number of hydrogen-bond acceptors (Lipinski definition) is 3. The van der Waals surface area contributed by atoms with Crippen molar-refractivity contribution in [3.05, 3.63) is 29.3 Å². The van der Waals surface area contributed by atoms with Crippen LogP contribution in [0.4, 0.5) is 5.69 Å². The summed E-state index contributed by atoms with van der Waals surface area (Å²) in [6.45, 7) is 9.30. The van der Waals surface area contributed by atoms with E-state index >= 15 is 0 Å². The van der Waals surface area contributed by atoms with Crippen molar-refractivity contribution >= 4 is 5.69 Å². The molecule has 0 saturated heterocycles. The molecule has 104 valence electrons. The minimum atomic E-state index is 0.566. The van der Waals surface area contributed by atoms with Crippen LogP contribution in [0, 0.1) is 0 Å². The zero-order valence-electron chi connectivity index (χ0n) is 12.0. The van der Waals surface area contributed by atoms with Crippen LogP contribution in [0.15, 0.2) is 18.2 Å². The Balaban J connectivity index is 1.98. The molecule has 0 fully saturated rings. The summed E-state index contributed by atoms with van der Waals surface area (Å²) in [5.41, 5.74) is 4.42. The molecule has 3 rings (SSSR count). The molecule has 0 aromatic heterocycles. The number of benzene rings is 1. The first kappa shape index (κ1) is 12.9. The molecule has 0 spiro atoms. The first-order chi connectivity index (χ1) is 9.31. The Bertz CT molecular complexity index is 446. The van der Waals surface area contributed by atoms with Crippen molar-refractivity contribution < 1.29 is 4.74 Å². The molecular weight excluding hydrogens is 236 g/mol. The molecule has 19 heavy (non-hydrogen) atoms. The Morgan fingerprint density at radius 2 is 2.32 bits per heavy atom. The van der Waals surface area contributed by atoms with Crippen LogP contribution in [0.3, 0.4) is 0 Å². The van der Waals surface area contributed by atoms with Crippen LogP contribution < -0.4 is 10.2 Å². The van der Waals surface area contributed by atoms with Crippen molar-refractivity contribution in [2.75, 3.05) is 31.2 Å². The van der Waals surface area contributed by atoms with E-state index in [1.54, 1.807) is 0 Å². The van der Waals surface area contributed by atoms with Crippen LogP contribution >= 0.6 is 0 Å². The molecule has 0 amide bonds. The van der Waals surface area contributed by atoms with Crippen LogP contribution in [-0.4, -0.2) is 32.3 Å². The SMILES string of the molecule is CCOCC1CCN2c3c(cccc31)CNCC2C. The Kier molecular flexibility index (Phi) is 3.76. The first-order valence-corrected chi connectivity index (χ1v) is 7.48. The number of nitrogens with one attached hydrogen (secondary N) is 1. The third kappa shape index (κ3) is 2.37. The standard InChI is InChI=1S/C16H24N2O/c1-3-19-11-14-7-8-18-12(2)9-17-10-13-5-4-6-15(14)16(13)18/h4-6,12,14,17H,3,7-11H2,1-2H3. The van der Waals surface area contributed by atoms with Crippen LogP contribution in [0.1, 0.15) is 37.3 Å². The van der Waals surface area contributed by atoms with E-state index in [0.29, 0.717) is 12.0 Å². The van der Waals surface area contributed by atoms with E-state index in [9.17, 15) is 0 Å². The van der Waals surface area contributed by atoms with Crippen molar-refractivity contribution in [1.82, 2.24) is 5.32 Å². The molecule has 3 nitrogen and oxygen atoms in total. The molecule has 2 aliphatic heterocycles. The van der Waals surface area contributed by atoms with E-state index in [2.05, 4.69) is 42.3 Å². The summed E-state index contributed by atoms with van der Waals surface area (Å²) < 4.78 is 5.68. The van der Waals surface area contributed by atoms with E-state index in [1.165, 1.54) is 23.2 Å². The molecule has 2 heterocycles. The van der Waals surface area contributed by atoms with Gasteiger partial charge >= 0.3 is 0 Å². The highest BCUT2D eigenvalue weighted by Crippen LogP contribution is 2.39. The number of hydrogen-bond donors (Lipinski definition) is 1. The fourth-order valence-corrected chi connectivity index (χ4v) is 3.40. The van der Waals surface area contributed by atoms with Gasteiger partial charge in [0.2, 0.25) is 0 Å². The summed E-state index contributed by atoms with van der Waals surface area (Å²) in [5, 5.41) is 3.56. The third-order valence-electron chi connectivity index (χ3n) is 4.41. The van der Waals surface area contributed by atoms with E-state index < -0.39 is 0 Å². The lowest BCUT2D eigenvalue weighted by atomic mass is 9.88. The Morgan fingerprint density at radius 3 is 3.16 bits per heavy atom. The zero-order valence-corrected chi connectivity index (χ0v) is 12.0. The maximum absolute atomic E-state index is 5.68. The fraction of sp³-hybridized carbons (Fsp3) is 0.625. The topological polar surface area (TPSA) is 24.5 Å². The molecule has 0 radical (unpaired) electrons. The number of rotatable bonds is 3. The summed E-state index contributed by atoms with van der Waals surface area (Å²) in [6, 6.07) is 7.34. The minimum absolute atomic E-state index is 0.566. The molecule has 1 aromatic carbocycles. The summed E-state index contributed by atoms with van der Waals surface area (Å²) in [6.07, 6.45) is 1.21. The van der Waals surface area contributed by atoms with Gasteiger partial charge in [-0.1, -0.05) is 18.2 Å². The van der Waals surface area contributed by atoms with Gasteiger partial charge in [-0.25, -0.2) is 0 Å². The lowest BCUT2D eigenvalue weighted by Crippen LogP contribution is -2.42. The van der Waals surface area contributed by atoms with Gasteiger partial charge in [-0.15, -0.1) is 0 Å². The molecule has 0 aliphatic carbocycles. The van der Waals surface area contributed by atoms with Crippen molar-refractivity contribution in [3.63, 3.8) is 0 Å². The second-order valence-corrected chi connectivity index (χ2v) is 5.67. The maximum Gasteiger partial charge on any atom is 0.0536 e. The van der Waals surface area contributed by atoms with Gasteiger partial charge in [-0.2, -0.15) is 0 Å². The summed E-state index contributed by atoms with van der Waals surface area (Å²) in [7, 11) is 0. The minimum Gasteiger partial charge on any atom is -0.381 e. The Labute approximate surface area is 115 Å². The zero-order chi connectivity index (χ0) is 13.2. The van der Waals surface area contributed by atoms with Gasteiger partial charge in [-0.05, 0) is 31.4 Å². The van der Waals surface area contributed by atoms with Crippen LogP contribution in [0.5, 0.6) is 0 Å². The number of para-hydroxylation sites is 1. The first-order valence-electron chi connectivity index (χ1n) is 7.48. The quantitative estimate of drug-likeness (QED) is 0.904. The second kappa shape index (κ2) is 5.51. The monoisotopic (exact) mass is 260 g/mol. The highest BCUT2D eigenvalue weighted by molar-refractivity contribution is 5.64. The van der Waals surface area contributed by atoms with E-state index in [4.69, 9.17) is 4.74 Å². The molecule has 1 aromatic rings. The van der Waals surface area contributed by atoms with Gasteiger partial charge in [0.1, 0.15) is 0 Å². The Morgan fingerprint density at radius 1 is 1.42 bits per heavy atom. The number of ether oxygens (including phenoxy) is 1. The van der Waals surface area contributed by atoms with Crippen molar-refractivity contribution in [3.8, 4) is 0 Å². The molecule has 2 unspecified atom stereocenters. The largest absolute Gasteiger partial charge is 0.381 e. The smallest absolute Gasteiger partial charge is 0.0536 e. The van der Waals surface area contributed by atoms with Crippen LogP contribution in [-0.2, 0) is 11.3 Å². The molecule has 3 heteroatoms.